The van der Waals surface area contributed by atoms with Gasteiger partial charge in [0.2, 0.25) is 5.91 Å². The lowest BCUT2D eigenvalue weighted by Gasteiger charge is -2.06. The van der Waals surface area contributed by atoms with Gasteiger partial charge >= 0.3 is 0 Å². The number of carbonyl (C=O) groups excluding carboxylic acids is 1. The summed E-state index contributed by atoms with van der Waals surface area (Å²) in [7, 11) is 0. The molecule has 1 aromatic carbocycles. The molecule has 0 aromatic heterocycles. The summed E-state index contributed by atoms with van der Waals surface area (Å²) in [6.45, 7) is 1.20. The van der Waals surface area contributed by atoms with Crippen LogP contribution in [0.25, 0.3) is 0 Å². The van der Waals surface area contributed by atoms with E-state index in [2.05, 4.69) is 5.32 Å². The van der Waals surface area contributed by atoms with Crippen molar-refractivity contribution >= 4 is 23.2 Å². The van der Waals surface area contributed by atoms with Gasteiger partial charge in [0.1, 0.15) is 0 Å². The van der Waals surface area contributed by atoms with Gasteiger partial charge in [0.05, 0.1) is 10.6 Å². The Hall–Kier alpha value is -1.26. The molecule has 0 unspecified atom stereocenters. The summed E-state index contributed by atoms with van der Waals surface area (Å²) in [5.41, 5.74) is 11.6. The quantitative estimate of drug-likeness (QED) is 0.692. The first kappa shape index (κ1) is 10.8. The van der Waals surface area contributed by atoms with Crippen molar-refractivity contribution < 1.29 is 4.79 Å². The van der Waals surface area contributed by atoms with E-state index in [9.17, 15) is 4.79 Å². The Morgan fingerprint density at radius 2 is 2.21 bits per heavy atom. The summed E-state index contributed by atoms with van der Waals surface area (Å²) in [6, 6.07) is 4.97. The van der Waals surface area contributed by atoms with Crippen LogP contribution in [0.2, 0.25) is 5.02 Å². The number of primary amides is 1. The minimum Gasteiger partial charge on any atom is -0.384 e. The summed E-state index contributed by atoms with van der Waals surface area (Å²) in [5.74, 6) is -0.527. The van der Waals surface area contributed by atoms with E-state index in [-0.39, 0.29) is 0 Å². The summed E-state index contributed by atoms with van der Waals surface area (Å²) < 4.78 is 0. The highest BCUT2D eigenvalue weighted by Crippen LogP contribution is 2.20. The molecule has 0 fully saturated rings. The van der Waals surface area contributed by atoms with Crippen LogP contribution in [0.3, 0.4) is 0 Å². The second-order valence-electron chi connectivity index (χ2n) is 2.77. The van der Waals surface area contributed by atoms with Crippen molar-refractivity contribution in [2.24, 2.45) is 11.5 Å². The van der Waals surface area contributed by atoms with E-state index in [1.54, 1.807) is 18.2 Å². The maximum atomic E-state index is 10.8. The van der Waals surface area contributed by atoms with Crippen molar-refractivity contribution in [3.8, 4) is 0 Å². The molecular formula is C9H12ClN3O. The monoisotopic (exact) mass is 213 g/mol. The van der Waals surface area contributed by atoms with Gasteiger partial charge in [-0.25, -0.2) is 0 Å². The predicted octanol–water partition coefficient (Wildman–Crippen LogP) is 0.810. The molecule has 5 N–H and O–H groups in total. The van der Waals surface area contributed by atoms with Crippen molar-refractivity contribution in [1.82, 2.24) is 0 Å². The van der Waals surface area contributed by atoms with E-state index in [1.807, 2.05) is 0 Å². The zero-order valence-electron chi connectivity index (χ0n) is 7.59. The zero-order valence-corrected chi connectivity index (χ0v) is 8.34. The molecule has 76 valence electrons. The molecule has 1 rings (SSSR count). The van der Waals surface area contributed by atoms with Crippen molar-refractivity contribution in [2.75, 3.05) is 18.4 Å². The molecular weight excluding hydrogens is 202 g/mol. The normalized spacial score (nSPS) is 9.86. The van der Waals surface area contributed by atoms with Gasteiger partial charge in [-0.3, -0.25) is 4.79 Å². The third-order valence-electron chi connectivity index (χ3n) is 1.71. The third-order valence-corrected chi connectivity index (χ3v) is 2.02. The number of hydrogen-bond acceptors (Lipinski definition) is 3. The molecule has 0 aliphatic heterocycles. The molecule has 1 amide bonds. The lowest BCUT2D eigenvalue weighted by Crippen LogP contribution is -2.14. The summed E-state index contributed by atoms with van der Waals surface area (Å²) in [6.07, 6.45) is 0. The van der Waals surface area contributed by atoms with Crippen LogP contribution >= 0.6 is 11.6 Å². The average Bonchev–Trinajstić information content (AvgIpc) is 2.14. The van der Waals surface area contributed by atoms with Gasteiger partial charge < -0.3 is 16.8 Å². The molecule has 0 aliphatic rings. The Kier molecular flexibility index (Phi) is 3.73. The molecule has 0 saturated heterocycles. The number of hydrogen-bond donors (Lipinski definition) is 3. The molecule has 0 radical (unpaired) electrons. The largest absolute Gasteiger partial charge is 0.384 e. The van der Waals surface area contributed by atoms with E-state index >= 15 is 0 Å². The van der Waals surface area contributed by atoms with Crippen molar-refractivity contribution in [2.45, 2.75) is 0 Å². The van der Waals surface area contributed by atoms with Crippen molar-refractivity contribution in [3.05, 3.63) is 28.8 Å². The smallest absolute Gasteiger partial charge is 0.250 e. The van der Waals surface area contributed by atoms with Gasteiger partial charge in [-0.1, -0.05) is 11.6 Å². The first-order valence-electron chi connectivity index (χ1n) is 4.18. The van der Waals surface area contributed by atoms with E-state index < -0.39 is 5.91 Å². The Balaban J connectivity index is 2.83. The summed E-state index contributed by atoms with van der Waals surface area (Å²) in [4.78, 5) is 10.8. The second kappa shape index (κ2) is 4.83. The number of nitrogens with two attached hydrogens (primary N) is 2. The van der Waals surface area contributed by atoms with Gasteiger partial charge in [0.25, 0.3) is 0 Å². The van der Waals surface area contributed by atoms with Crippen LogP contribution in [0, 0.1) is 0 Å². The van der Waals surface area contributed by atoms with Crippen LogP contribution in [-0.2, 0) is 0 Å². The fourth-order valence-electron chi connectivity index (χ4n) is 1.04. The molecule has 0 bridgehead atoms. The van der Waals surface area contributed by atoms with Crippen LogP contribution in [0.1, 0.15) is 10.4 Å². The number of benzene rings is 1. The number of nitrogens with one attached hydrogen (secondary N) is 1. The molecule has 4 nitrogen and oxygen atoms in total. The van der Waals surface area contributed by atoms with Gasteiger partial charge in [0.15, 0.2) is 0 Å². The highest BCUT2D eigenvalue weighted by molar-refractivity contribution is 6.34. The minimum absolute atomic E-state index is 0.324. The second-order valence-corrected chi connectivity index (χ2v) is 3.18. The van der Waals surface area contributed by atoms with E-state index in [1.165, 1.54) is 0 Å². The fourth-order valence-corrected chi connectivity index (χ4v) is 1.32. The minimum atomic E-state index is -0.527. The molecule has 0 aliphatic carbocycles. The summed E-state index contributed by atoms with van der Waals surface area (Å²) >= 11 is 5.83. The topological polar surface area (TPSA) is 81.1 Å². The van der Waals surface area contributed by atoms with Crippen molar-refractivity contribution in [1.29, 1.82) is 0 Å². The van der Waals surface area contributed by atoms with Crippen LogP contribution < -0.4 is 16.8 Å². The Morgan fingerprint density at radius 3 is 2.71 bits per heavy atom. The Morgan fingerprint density at radius 1 is 1.50 bits per heavy atom. The van der Waals surface area contributed by atoms with Gasteiger partial charge in [0, 0.05) is 18.8 Å². The molecule has 0 spiro atoms. The highest BCUT2D eigenvalue weighted by atomic mass is 35.5. The third kappa shape index (κ3) is 2.61. The van der Waals surface area contributed by atoms with E-state index in [0.29, 0.717) is 23.7 Å². The van der Waals surface area contributed by atoms with Gasteiger partial charge in [-0.05, 0) is 18.2 Å². The highest BCUT2D eigenvalue weighted by Gasteiger charge is 2.06. The maximum Gasteiger partial charge on any atom is 0.250 e. The molecule has 0 atom stereocenters. The SMILES string of the molecule is NCCNc1ccc(C(N)=O)c(Cl)c1. The van der Waals surface area contributed by atoms with Gasteiger partial charge in [-0.2, -0.15) is 0 Å². The fraction of sp³-hybridized carbons (Fsp3) is 0.222. The van der Waals surface area contributed by atoms with Crippen LogP contribution in [0.5, 0.6) is 0 Å². The predicted molar refractivity (Wildman–Crippen MR) is 57.5 cm³/mol. The lowest BCUT2D eigenvalue weighted by atomic mass is 10.2. The first-order chi connectivity index (χ1) is 6.65. The number of halogens is 1. The summed E-state index contributed by atoms with van der Waals surface area (Å²) in [5, 5.41) is 3.39. The molecule has 14 heavy (non-hydrogen) atoms. The van der Waals surface area contributed by atoms with Crippen LogP contribution in [-0.4, -0.2) is 19.0 Å². The maximum absolute atomic E-state index is 10.8. The van der Waals surface area contributed by atoms with Crippen LogP contribution in [0.15, 0.2) is 18.2 Å². The average molecular weight is 214 g/mol. The standard InChI is InChI=1S/C9H12ClN3O/c10-8-5-6(13-4-3-11)1-2-7(8)9(12)14/h1-2,5,13H,3-4,11H2,(H2,12,14). The number of anilines is 1. The molecule has 1 aromatic rings. The van der Waals surface area contributed by atoms with Crippen molar-refractivity contribution in [3.63, 3.8) is 0 Å². The van der Waals surface area contributed by atoms with Gasteiger partial charge in [-0.15, -0.1) is 0 Å². The molecule has 0 saturated carbocycles. The van der Waals surface area contributed by atoms with Crippen LogP contribution in [0.4, 0.5) is 5.69 Å². The Bertz CT molecular complexity index is 341. The molecule has 5 heteroatoms. The number of amides is 1. The number of rotatable bonds is 4. The molecule has 0 heterocycles. The van der Waals surface area contributed by atoms with E-state index in [4.69, 9.17) is 23.1 Å². The van der Waals surface area contributed by atoms with E-state index in [0.717, 1.165) is 5.69 Å². The first-order valence-corrected chi connectivity index (χ1v) is 4.56. The lowest BCUT2D eigenvalue weighted by molar-refractivity contribution is 0.100. The Labute approximate surface area is 87.2 Å². The zero-order chi connectivity index (χ0) is 10.6. The number of carbonyl (C=O) groups is 1.